The molecule has 0 saturated carbocycles. The number of aromatic nitrogens is 2. The Kier molecular flexibility index (Phi) is 4.60. The molecule has 1 fully saturated rings. The van der Waals surface area contributed by atoms with Crippen molar-refractivity contribution in [2.24, 2.45) is 5.73 Å². The molecule has 1 atom stereocenters. The lowest BCUT2D eigenvalue weighted by Gasteiger charge is -2.40. The second-order valence-corrected chi connectivity index (χ2v) is 5.86. The van der Waals surface area contributed by atoms with Gasteiger partial charge >= 0.3 is 0 Å². The van der Waals surface area contributed by atoms with Crippen molar-refractivity contribution in [2.75, 3.05) is 24.5 Å². The highest BCUT2D eigenvalue weighted by molar-refractivity contribution is 5.97. The van der Waals surface area contributed by atoms with Gasteiger partial charge < -0.3 is 15.5 Å². The summed E-state index contributed by atoms with van der Waals surface area (Å²) < 4.78 is 13.1. The number of halogens is 1. The predicted molar refractivity (Wildman–Crippen MR) is 89.4 cm³/mol. The van der Waals surface area contributed by atoms with Gasteiger partial charge in [-0.2, -0.15) is 0 Å². The minimum absolute atomic E-state index is 0.249. The van der Waals surface area contributed by atoms with Crippen molar-refractivity contribution in [3.8, 4) is 0 Å². The first-order valence-corrected chi connectivity index (χ1v) is 7.85. The number of nitrogens with two attached hydrogens (primary N) is 1. The molecule has 1 unspecified atom stereocenters. The summed E-state index contributed by atoms with van der Waals surface area (Å²) in [5.74, 6) is -0.691. The topological polar surface area (TPSA) is 92.4 Å². The monoisotopic (exact) mass is 343 g/mol. The number of hydrogen-bond donors (Lipinski definition) is 1. The van der Waals surface area contributed by atoms with E-state index in [0.717, 1.165) is 5.69 Å². The van der Waals surface area contributed by atoms with Crippen LogP contribution in [0.5, 0.6) is 0 Å². The summed E-state index contributed by atoms with van der Waals surface area (Å²) in [7, 11) is 0. The highest BCUT2D eigenvalue weighted by Gasteiger charge is 2.34. The lowest BCUT2D eigenvalue weighted by Crippen LogP contribution is -2.60. The van der Waals surface area contributed by atoms with Gasteiger partial charge in [0.2, 0.25) is 5.91 Å². The van der Waals surface area contributed by atoms with Gasteiger partial charge in [-0.15, -0.1) is 0 Å². The van der Waals surface area contributed by atoms with Gasteiger partial charge in [-0.05, 0) is 31.2 Å². The Morgan fingerprint density at radius 2 is 1.80 bits per heavy atom. The average molecular weight is 343 g/mol. The van der Waals surface area contributed by atoms with Crippen molar-refractivity contribution in [1.82, 2.24) is 14.9 Å². The molecule has 3 rings (SSSR count). The van der Waals surface area contributed by atoms with Gasteiger partial charge in [-0.25, -0.2) is 14.4 Å². The highest BCUT2D eigenvalue weighted by atomic mass is 19.1. The number of rotatable bonds is 3. The van der Waals surface area contributed by atoms with E-state index in [4.69, 9.17) is 5.73 Å². The number of carbonyl (C=O) groups excluding carboxylic acids is 2. The van der Waals surface area contributed by atoms with Crippen LogP contribution in [0.25, 0.3) is 0 Å². The Balaban J connectivity index is 1.80. The summed E-state index contributed by atoms with van der Waals surface area (Å²) in [6, 6.07) is 5.20. The number of piperazine rings is 1. The van der Waals surface area contributed by atoms with E-state index < -0.39 is 11.9 Å². The molecule has 0 bridgehead atoms. The fraction of sp³-hybridized carbons (Fsp3) is 0.294. The smallest absolute Gasteiger partial charge is 0.257 e. The largest absolute Gasteiger partial charge is 0.368 e. The van der Waals surface area contributed by atoms with E-state index in [-0.39, 0.29) is 18.3 Å². The quantitative estimate of drug-likeness (QED) is 0.887. The first kappa shape index (κ1) is 16.8. The molecule has 0 radical (unpaired) electrons. The van der Waals surface area contributed by atoms with E-state index in [1.807, 2.05) is 4.90 Å². The third-order valence-electron chi connectivity index (χ3n) is 4.19. The van der Waals surface area contributed by atoms with Crippen LogP contribution in [0.2, 0.25) is 0 Å². The van der Waals surface area contributed by atoms with Crippen LogP contribution in [0.4, 0.5) is 10.1 Å². The van der Waals surface area contributed by atoms with Gasteiger partial charge in [0.05, 0.1) is 5.56 Å². The molecule has 2 heterocycles. The molecule has 8 heteroatoms. The summed E-state index contributed by atoms with van der Waals surface area (Å²) in [6.07, 6.45) is 2.88. The Morgan fingerprint density at radius 3 is 2.40 bits per heavy atom. The fourth-order valence-corrected chi connectivity index (χ4v) is 2.82. The van der Waals surface area contributed by atoms with E-state index in [0.29, 0.717) is 24.5 Å². The first-order chi connectivity index (χ1) is 12.0. The number of hydrogen-bond acceptors (Lipinski definition) is 5. The number of anilines is 1. The van der Waals surface area contributed by atoms with Crippen LogP contribution >= 0.6 is 0 Å². The van der Waals surface area contributed by atoms with Gasteiger partial charge in [-0.1, -0.05) is 0 Å². The fourth-order valence-electron chi connectivity index (χ4n) is 2.82. The van der Waals surface area contributed by atoms with Gasteiger partial charge in [0.15, 0.2) is 0 Å². The van der Waals surface area contributed by atoms with Crippen LogP contribution < -0.4 is 10.6 Å². The summed E-state index contributed by atoms with van der Waals surface area (Å²) in [5.41, 5.74) is 6.60. The van der Waals surface area contributed by atoms with Gasteiger partial charge in [0.25, 0.3) is 5.91 Å². The van der Waals surface area contributed by atoms with Crippen molar-refractivity contribution in [1.29, 1.82) is 0 Å². The highest BCUT2D eigenvalue weighted by Crippen LogP contribution is 2.21. The molecule has 1 aromatic carbocycles. The number of benzene rings is 1. The Hall–Kier alpha value is -3.03. The lowest BCUT2D eigenvalue weighted by atomic mass is 10.1. The molecule has 2 N–H and O–H groups in total. The Morgan fingerprint density at radius 1 is 1.16 bits per heavy atom. The molecule has 2 amide bonds. The molecule has 0 spiro atoms. The van der Waals surface area contributed by atoms with Gasteiger partial charge in [0.1, 0.15) is 17.7 Å². The molecule has 1 aliphatic heterocycles. The molecule has 0 aliphatic carbocycles. The number of primary amides is 1. The van der Waals surface area contributed by atoms with Crippen LogP contribution in [0.15, 0.2) is 36.7 Å². The zero-order chi connectivity index (χ0) is 18.0. The predicted octanol–water partition coefficient (Wildman–Crippen LogP) is 0.740. The molecular formula is C17H18FN5O2. The number of carbonyl (C=O) groups is 2. The minimum atomic E-state index is -0.785. The average Bonchev–Trinajstić information content (AvgIpc) is 2.62. The summed E-state index contributed by atoms with van der Waals surface area (Å²) >= 11 is 0. The van der Waals surface area contributed by atoms with Crippen molar-refractivity contribution < 1.29 is 14.0 Å². The Labute approximate surface area is 144 Å². The van der Waals surface area contributed by atoms with Crippen molar-refractivity contribution in [3.05, 3.63) is 53.9 Å². The molecule has 130 valence electrons. The molecule has 1 aliphatic rings. The Bertz CT molecular complexity index is 779. The standard InChI is InChI=1S/C17H18FN5O2/c1-11-20-8-12(9-21-11)17(25)23-7-6-22(10-15(23)16(19)24)14-4-2-13(18)3-5-14/h2-5,8-9,15H,6-7,10H2,1H3,(H2,19,24). The van der Waals surface area contributed by atoms with Crippen molar-refractivity contribution >= 4 is 17.5 Å². The summed E-state index contributed by atoms with van der Waals surface area (Å²) in [5, 5.41) is 0. The molecule has 2 aromatic rings. The van der Waals surface area contributed by atoms with E-state index in [1.165, 1.54) is 29.4 Å². The van der Waals surface area contributed by atoms with Crippen molar-refractivity contribution in [3.63, 3.8) is 0 Å². The molecule has 7 nitrogen and oxygen atoms in total. The normalized spacial score (nSPS) is 17.4. The minimum Gasteiger partial charge on any atom is -0.368 e. The second-order valence-electron chi connectivity index (χ2n) is 5.86. The third kappa shape index (κ3) is 3.57. The van der Waals surface area contributed by atoms with Crippen LogP contribution in [0.3, 0.4) is 0 Å². The van der Waals surface area contributed by atoms with E-state index in [1.54, 1.807) is 19.1 Å². The maximum atomic E-state index is 13.1. The van der Waals surface area contributed by atoms with Crippen LogP contribution in [-0.2, 0) is 4.79 Å². The number of amides is 2. The van der Waals surface area contributed by atoms with E-state index >= 15 is 0 Å². The van der Waals surface area contributed by atoms with E-state index in [9.17, 15) is 14.0 Å². The second kappa shape index (κ2) is 6.84. The lowest BCUT2D eigenvalue weighted by molar-refractivity contribution is -0.122. The zero-order valence-corrected chi connectivity index (χ0v) is 13.7. The van der Waals surface area contributed by atoms with Crippen LogP contribution in [0.1, 0.15) is 16.2 Å². The molecule has 25 heavy (non-hydrogen) atoms. The third-order valence-corrected chi connectivity index (χ3v) is 4.19. The maximum Gasteiger partial charge on any atom is 0.257 e. The zero-order valence-electron chi connectivity index (χ0n) is 13.7. The molecule has 1 aromatic heterocycles. The number of nitrogens with zero attached hydrogens (tertiary/aromatic N) is 4. The summed E-state index contributed by atoms with van der Waals surface area (Å²) in [4.78, 5) is 36.0. The molecule has 1 saturated heterocycles. The number of aryl methyl sites for hydroxylation is 1. The van der Waals surface area contributed by atoms with Crippen LogP contribution in [-0.4, -0.2) is 52.4 Å². The maximum absolute atomic E-state index is 13.1. The van der Waals surface area contributed by atoms with Gasteiger partial charge in [0, 0.05) is 37.7 Å². The molecular weight excluding hydrogens is 325 g/mol. The SMILES string of the molecule is Cc1ncc(C(=O)N2CCN(c3ccc(F)cc3)CC2C(N)=O)cn1. The van der Waals surface area contributed by atoms with Crippen molar-refractivity contribution in [2.45, 2.75) is 13.0 Å². The van der Waals surface area contributed by atoms with Gasteiger partial charge in [-0.3, -0.25) is 9.59 Å². The van der Waals surface area contributed by atoms with Crippen LogP contribution in [0, 0.1) is 12.7 Å². The first-order valence-electron chi connectivity index (χ1n) is 7.85. The van der Waals surface area contributed by atoms with E-state index in [2.05, 4.69) is 9.97 Å². The summed E-state index contributed by atoms with van der Waals surface area (Å²) in [6.45, 7) is 2.80.